The summed E-state index contributed by atoms with van der Waals surface area (Å²) >= 11 is 0. The number of aryl methyl sites for hydroxylation is 1. The number of carbonyl (C=O) groups excluding carboxylic acids is 2. The number of amides is 2. The number of pyridine rings is 1. The van der Waals surface area contributed by atoms with Crippen LogP contribution in [0.25, 0.3) is 0 Å². The summed E-state index contributed by atoms with van der Waals surface area (Å²) in [5.74, 6) is 0.533. The van der Waals surface area contributed by atoms with E-state index in [0.717, 1.165) is 12.1 Å². The molecule has 2 aliphatic rings. The third-order valence-corrected chi connectivity index (χ3v) is 5.36. The fourth-order valence-electron chi connectivity index (χ4n) is 3.81. The Balaban J connectivity index is 1.56. The fraction of sp³-hybridized carbons (Fsp3) is 0.444. The molecular formula is C18H21N5O3. The molecule has 4 heterocycles. The Morgan fingerprint density at radius 2 is 2.19 bits per heavy atom. The number of hydrogen-bond donors (Lipinski definition) is 0. The number of aromatic nitrogens is 2. The van der Waals surface area contributed by atoms with E-state index in [-0.39, 0.29) is 17.4 Å². The van der Waals surface area contributed by atoms with Gasteiger partial charge in [-0.05, 0) is 32.5 Å². The summed E-state index contributed by atoms with van der Waals surface area (Å²) in [5, 5.41) is 3.83. The van der Waals surface area contributed by atoms with E-state index in [1.54, 1.807) is 35.2 Å². The van der Waals surface area contributed by atoms with Crippen LogP contribution in [-0.4, -0.2) is 70.5 Å². The Kier molecular flexibility index (Phi) is 3.99. The van der Waals surface area contributed by atoms with E-state index >= 15 is 0 Å². The molecule has 2 aromatic heterocycles. The van der Waals surface area contributed by atoms with E-state index in [4.69, 9.17) is 4.52 Å². The van der Waals surface area contributed by atoms with Crippen LogP contribution in [0.4, 0.5) is 5.69 Å². The minimum atomic E-state index is -0.266. The first-order valence-corrected chi connectivity index (χ1v) is 8.63. The molecule has 2 amide bonds. The summed E-state index contributed by atoms with van der Waals surface area (Å²) in [7, 11) is 1.95. The first kappa shape index (κ1) is 16.7. The van der Waals surface area contributed by atoms with E-state index in [1.807, 2.05) is 19.2 Å². The zero-order valence-corrected chi connectivity index (χ0v) is 14.9. The molecule has 4 rings (SSSR count). The molecule has 0 unspecified atom stereocenters. The average molecular weight is 355 g/mol. The SMILES string of the molecule is Cc1cc(C(=O)N2CC[C@@]3(C2)CN(c2cccnc2)C(=O)CN3C)no1. The van der Waals surface area contributed by atoms with E-state index in [2.05, 4.69) is 15.0 Å². The fourth-order valence-corrected chi connectivity index (χ4v) is 3.81. The lowest BCUT2D eigenvalue weighted by Crippen LogP contribution is -2.64. The van der Waals surface area contributed by atoms with Gasteiger partial charge in [0.05, 0.1) is 24.0 Å². The summed E-state index contributed by atoms with van der Waals surface area (Å²) in [6, 6.07) is 5.37. The minimum absolute atomic E-state index is 0.0445. The first-order valence-electron chi connectivity index (χ1n) is 8.63. The zero-order valence-electron chi connectivity index (χ0n) is 14.9. The van der Waals surface area contributed by atoms with Gasteiger partial charge in [-0.15, -0.1) is 0 Å². The van der Waals surface area contributed by atoms with Crippen LogP contribution < -0.4 is 4.90 Å². The molecule has 26 heavy (non-hydrogen) atoms. The zero-order chi connectivity index (χ0) is 18.3. The van der Waals surface area contributed by atoms with Crippen LogP contribution in [0.3, 0.4) is 0 Å². The van der Waals surface area contributed by atoms with Crippen molar-refractivity contribution in [3.05, 3.63) is 42.0 Å². The first-order chi connectivity index (χ1) is 12.5. The van der Waals surface area contributed by atoms with Gasteiger partial charge in [0.2, 0.25) is 5.91 Å². The van der Waals surface area contributed by atoms with Gasteiger partial charge in [-0.25, -0.2) is 0 Å². The Morgan fingerprint density at radius 3 is 2.88 bits per heavy atom. The molecule has 0 N–H and O–H groups in total. The molecule has 2 fully saturated rings. The monoisotopic (exact) mass is 355 g/mol. The second kappa shape index (κ2) is 6.21. The molecule has 2 aliphatic heterocycles. The standard InChI is InChI=1S/C18H21N5O3/c1-13-8-15(20-26-13)17(25)22-7-5-18(11-22)12-23(16(24)10-21(18)2)14-4-3-6-19-9-14/h3-4,6,8-9H,5,7,10-12H2,1-2H3/t18-/m1/s1. The lowest BCUT2D eigenvalue weighted by Gasteiger charge is -2.46. The van der Waals surface area contributed by atoms with Gasteiger partial charge in [0.25, 0.3) is 5.91 Å². The van der Waals surface area contributed by atoms with Crippen molar-refractivity contribution in [2.75, 3.05) is 38.1 Å². The molecular weight excluding hydrogens is 334 g/mol. The van der Waals surface area contributed by atoms with Gasteiger partial charge in [0.1, 0.15) is 5.76 Å². The molecule has 0 bridgehead atoms. The van der Waals surface area contributed by atoms with E-state index in [9.17, 15) is 9.59 Å². The quantitative estimate of drug-likeness (QED) is 0.797. The molecule has 2 saturated heterocycles. The molecule has 2 aromatic rings. The lowest BCUT2D eigenvalue weighted by molar-refractivity contribution is -0.123. The van der Waals surface area contributed by atoms with Crippen LogP contribution in [0.15, 0.2) is 35.1 Å². The molecule has 0 saturated carbocycles. The maximum absolute atomic E-state index is 12.7. The number of likely N-dealkylation sites (N-methyl/N-ethyl adjacent to an activating group) is 1. The van der Waals surface area contributed by atoms with Crippen molar-refractivity contribution in [2.45, 2.75) is 18.9 Å². The van der Waals surface area contributed by atoms with Crippen LogP contribution in [0.2, 0.25) is 0 Å². The van der Waals surface area contributed by atoms with Crippen molar-refractivity contribution in [3.63, 3.8) is 0 Å². The van der Waals surface area contributed by atoms with Gasteiger partial charge in [-0.3, -0.25) is 19.5 Å². The van der Waals surface area contributed by atoms with Gasteiger partial charge < -0.3 is 14.3 Å². The number of nitrogens with zero attached hydrogens (tertiary/aromatic N) is 5. The van der Waals surface area contributed by atoms with Gasteiger partial charge in [-0.1, -0.05) is 5.16 Å². The lowest BCUT2D eigenvalue weighted by atomic mass is 9.92. The van der Waals surface area contributed by atoms with Gasteiger partial charge in [-0.2, -0.15) is 0 Å². The van der Waals surface area contributed by atoms with Gasteiger partial charge >= 0.3 is 0 Å². The highest BCUT2D eigenvalue weighted by molar-refractivity contribution is 5.96. The smallest absolute Gasteiger partial charge is 0.276 e. The second-order valence-electron chi connectivity index (χ2n) is 7.07. The summed E-state index contributed by atoms with van der Waals surface area (Å²) in [4.78, 5) is 35.0. The van der Waals surface area contributed by atoms with Crippen molar-refractivity contribution in [1.29, 1.82) is 0 Å². The van der Waals surface area contributed by atoms with Crippen LogP contribution >= 0.6 is 0 Å². The predicted molar refractivity (Wildman–Crippen MR) is 93.7 cm³/mol. The highest BCUT2D eigenvalue weighted by Gasteiger charge is 2.49. The van der Waals surface area contributed by atoms with E-state index < -0.39 is 0 Å². The normalized spacial score (nSPS) is 23.8. The summed E-state index contributed by atoms with van der Waals surface area (Å²) in [6.45, 7) is 3.81. The van der Waals surface area contributed by atoms with E-state index in [1.165, 1.54) is 0 Å². The Morgan fingerprint density at radius 1 is 1.35 bits per heavy atom. The number of carbonyl (C=O) groups is 2. The molecule has 1 atom stereocenters. The summed E-state index contributed by atoms with van der Waals surface area (Å²) in [5.41, 5.74) is 0.859. The highest BCUT2D eigenvalue weighted by Crippen LogP contribution is 2.33. The van der Waals surface area contributed by atoms with Crippen molar-refractivity contribution < 1.29 is 14.1 Å². The number of rotatable bonds is 2. The molecule has 8 heteroatoms. The number of hydrogen-bond acceptors (Lipinski definition) is 6. The third kappa shape index (κ3) is 2.76. The second-order valence-corrected chi connectivity index (χ2v) is 7.07. The van der Waals surface area contributed by atoms with Crippen molar-refractivity contribution in [1.82, 2.24) is 19.9 Å². The molecule has 0 radical (unpaired) electrons. The van der Waals surface area contributed by atoms with Crippen LogP contribution in [0.5, 0.6) is 0 Å². The van der Waals surface area contributed by atoms with E-state index in [0.29, 0.717) is 37.6 Å². The van der Waals surface area contributed by atoms with Crippen LogP contribution in [-0.2, 0) is 4.79 Å². The molecule has 8 nitrogen and oxygen atoms in total. The summed E-state index contributed by atoms with van der Waals surface area (Å²) in [6.07, 6.45) is 4.19. The molecule has 0 aliphatic carbocycles. The Hall–Kier alpha value is -2.74. The van der Waals surface area contributed by atoms with Crippen LogP contribution in [0.1, 0.15) is 22.7 Å². The van der Waals surface area contributed by atoms with Gasteiger partial charge in [0, 0.05) is 31.9 Å². The topological polar surface area (TPSA) is 82.8 Å². The molecule has 0 aromatic carbocycles. The highest BCUT2D eigenvalue weighted by atomic mass is 16.5. The minimum Gasteiger partial charge on any atom is -0.361 e. The number of piperazine rings is 1. The number of anilines is 1. The largest absolute Gasteiger partial charge is 0.361 e. The van der Waals surface area contributed by atoms with Crippen LogP contribution in [0, 0.1) is 6.92 Å². The Labute approximate surface area is 151 Å². The Bertz CT molecular complexity index is 836. The molecule has 136 valence electrons. The van der Waals surface area contributed by atoms with Crippen molar-refractivity contribution in [2.24, 2.45) is 0 Å². The average Bonchev–Trinajstić information content (AvgIpc) is 3.26. The maximum Gasteiger partial charge on any atom is 0.276 e. The maximum atomic E-state index is 12.7. The van der Waals surface area contributed by atoms with Crippen molar-refractivity contribution >= 4 is 17.5 Å². The third-order valence-electron chi connectivity index (χ3n) is 5.36. The summed E-state index contributed by atoms with van der Waals surface area (Å²) < 4.78 is 5.02. The van der Waals surface area contributed by atoms with Crippen molar-refractivity contribution in [3.8, 4) is 0 Å². The molecule has 1 spiro atoms. The van der Waals surface area contributed by atoms with Gasteiger partial charge in [0.15, 0.2) is 5.69 Å². The number of likely N-dealkylation sites (tertiary alicyclic amines) is 1. The predicted octanol–water partition coefficient (Wildman–Crippen LogP) is 0.941.